The number of aromatic nitrogens is 1. The lowest BCUT2D eigenvalue weighted by atomic mass is 9.97. The van der Waals surface area contributed by atoms with Gasteiger partial charge in [0, 0.05) is 16.6 Å². The van der Waals surface area contributed by atoms with Crippen LogP contribution in [0, 0.1) is 18.8 Å². The van der Waals surface area contributed by atoms with Gasteiger partial charge in [-0.15, -0.1) is 0 Å². The first-order chi connectivity index (χ1) is 8.08. The Hall–Kier alpha value is -0.900. The van der Waals surface area contributed by atoms with Gasteiger partial charge in [-0.1, -0.05) is 13.3 Å². The van der Waals surface area contributed by atoms with Gasteiger partial charge in [-0.05, 0) is 53.2 Å². The Kier molecular flexibility index (Phi) is 3.82. The van der Waals surface area contributed by atoms with Crippen molar-refractivity contribution < 1.29 is 4.79 Å². The minimum atomic E-state index is 0.115. The van der Waals surface area contributed by atoms with Crippen molar-refractivity contribution in [3.63, 3.8) is 0 Å². The lowest BCUT2D eigenvalue weighted by Gasteiger charge is -2.14. The van der Waals surface area contributed by atoms with Gasteiger partial charge in [0.25, 0.3) is 0 Å². The molecule has 1 aromatic rings. The fourth-order valence-corrected chi connectivity index (χ4v) is 2.58. The quantitative estimate of drug-likeness (QED) is 0.907. The second-order valence-electron chi connectivity index (χ2n) is 4.82. The summed E-state index contributed by atoms with van der Waals surface area (Å²) in [5.41, 5.74) is 1.08. The van der Waals surface area contributed by atoms with E-state index in [4.69, 9.17) is 0 Å². The molecule has 3 nitrogen and oxygen atoms in total. The van der Waals surface area contributed by atoms with Crippen LogP contribution in [-0.2, 0) is 4.79 Å². The van der Waals surface area contributed by atoms with Crippen molar-refractivity contribution in [2.45, 2.75) is 33.1 Å². The molecule has 1 heterocycles. The Morgan fingerprint density at radius 3 is 2.88 bits per heavy atom. The second kappa shape index (κ2) is 5.17. The Labute approximate surface area is 110 Å². The van der Waals surface area contributed by atoms with Crippen LogP contribution in [0.2, 0.25) is 0 Å². The van der Waals surface area contributed by atoms with Crippen molar-refractivity contribution >= 4 is 27.7 Å². The van der Waals surface area contributed by atoms with E-state index in [1.165, 1.54) is 0 Å². The van der Waals surface area contributed by atoms with Gasteiger partial charge in [0.15, 0.2) is 0 Å². The van der Waals surface area contributed by atoms with Crippen LogP contribution in [0.25, 0.3) is 0 Å². The number of aryl methyl sites for hydroxylation is 1. The normalized spacial score (nSPS) is 23.7. The average molecular weight is 297 g/mol. The minimum absolute atomic E-state index is 0.115. The summed E-state index contributed by atoms with van der Waals surface area (Å²) in [7, 11) is 0. The number of halogens is 1. The van der Waals surface area contributed by atoms with Crippen LogP contribution >= 0.6 is 15.9 Å². The van der Waals surface area contributed by atoms with Gasteiger partial charge in [-0.3, -0.25) is 4.79 Å². The zero-order chi connectivity index (χ0) is 12.4. The zero-order valence-electron chi connectivity index (χ0n) is 10.2. The maximum atomic E-state index is 12.1. The summed E-state index contributed by atoms with van der Waals surface area (Å²) in [5.74, 6) is 1.41. The standard InChI is InChI=1S/C13H17BrN2O/c1-8-4-3-5-10(8)13(17)16-12-6-9(2)11(14)7-15-12/h6-8,10H,3-5H2,1-2H3,(H,15,16,17). The van der Waals surface area contributed by atoms with Crippen molar-refractivity contribution in [2.24, 2.45) is 11.8 Å². The highest BCUT2D eigenvalue weighted by Gasteiger charge is 2.29. The van der Waals surface area contributed by atoms with Gasteiger partial charge in [0.1, 0.15) is 5.82 Å². The van der Waals surface area contributed by atoms with Gasteiger partial charge in [-0.2, -0.15) is 0 Å². The number of nitrogens with one attached hydrogen (secondary N) is 1. The number of anilines is 1. The van der Waals surface area contributed by atoms with Gasteiger partial charge in [-0.25, -0.2) is 4.98 Å². The van der Waals surface area contributed by atoms with E-state index < -0.39 is 0 Å². The SMILES string of the molecule is Cc1cc(NC(=O)C2CCCC2C)ncc1Br. The van der Waals surface area contributed by atoms with Crippen molar-refractivity contribution in [3.8, 4) is 0 Å². The topological polar surface area (TPSA) is 42.0 Å². The number of rotatable bonds is 2. The van der Waals surface area contributed by atoms with Gasteiger partial charge in [0.05, 0.1) is 0 Å². The molecule has 1 amide bonds. The largest absolute Gasteiger partial charge is 0.310 e. The molecule has 1 N–H and O–H groups in total. The molecule has 2 unspecified atom stereocenters. The summed E-state index contributed by atoms with van der Waals surface area (Å²) in [6.45, 7) is 4.14. The molecule has 0 aliphatic heterocycles. The minimum Gasteiger partial charge on any atom is -0.310 e. The first-order valence-electron chi connectivity index (χ1n) is 6.01. The number of hydrogen-bond donors (Lipinski definition) is 1. The Morgan fingerprint density at radius 1 is 1.53 bits per heavy atom. The second-order valence-corrected chi connectivity index (χ2v) is 5.68. The van der Waals surface area contributed by atoms with Crippen molar-refractivity contribution in [1.29, 1.82) is 0 Å². The molecule has 1 aliphatic carbocycles. The molecule has 2 atom stereocenters. The lowest BCUT2D eigenvalue weighted by Crippen LogP contribution is -2.25. The molecular weight excluding hydrogens is 280 g/mol. The number of nitrogens with zero attached hydrogens (tertiary/aromatic N) is 1. The molecule has 17 heavy (non-hydrogen) atoms. The molecule has 0 aromatic carbocycles. The zero-order valence-corrected chi connectivity index (χ0v) is 11.8. The predicted molar refractivity (Wildman–Crippen MR) is 71.8 cm³/mol. The Bertz CT molecular complexity index is 433. The number of carbonyl (C=O) groups is 1. The molecule has 1 aromatic heterocycles. The maximum absolute atomic E-state index is 12.1. The molecule has 0 spiro atoms. The van der Waals surface area contributed by atoms with Crippen LogP contribution in [0.3, 0.4) is 0 Å². The van der Waals surface area contributed by atoms with Crippen LogP contribution in [0.5, 0.6) is 0 Å². The third kappa shape index (κ3) is 2.86. The molecule has 1 saturated carbocycles. The Balaban J connectivity index is 2.05. The Morgan fingerprint density at radius 2 is 2.29 bits per heavy atom. The number of amides is 1. The lowest BCUT2D eigenvalue weighted by molar-refractivity contribution is -0.120. The van der Waals surface area contributed by atoms with Crippen LogP contribution in [0.4, 0.5) is 5.82 Å². The predicted octanol–water partition coefficient (Wildman–Crippen LogP) is 3.53. The summed E-state index contributed by atoms with van der Waals surface area (Å²) < 4.78 is 0.963. The number of pyridine rings is 1. The fourth-order valence-electron chi connectivity index (χ4n) is 2.36. The van der Waals surface area contributed by atoms with E-state index in [2.05, 4.69) is 33.2 Å². The number of hydrogen-bond acceptors (Lipinski definition) is 2. The van der Waals surface area contributed by atoms with E-state index in [-0.39, 0.29) is 11.8 Å². The smallest absolute Gasteiger partial charge is 0.228 e. The van der Waals surface area contributed by atoms with E-state index in [0.29, 0.717) is 11.7 Å². The highest BCUT2D eigenvalue weighted by atomic mass is 79.9. The maximum Gasteiger partial charge on any atom is 0.228 e. The molecule has 0 saturated heterocycles. The summed E-state index contributed by atoms with van der Waals surface area (Å²) in [6, 6.07) is 1.89. The summed E-state index contributed by atoms with van der Waals surface area (Å²) in [5, 5.41) is 2.91. The average Bonchev–Trinajstić information content (AvgIpc) is 2.70. The first-order valence-corrected chi connectivity index (χ1v) is 6.80. The van der Waals surface area contributed by atoms with Crippen LogP contribution in [-0.4, -0.2) is 10.9 Å². The van der Waals surface area contributed by atoms with E-state index in [9.17, 15) is 4.79 Å². The van der Waals surface area contributed by atoms with Crippen LogP contribution in [0.1, 0.15) is 31.7 Å². The van der Waals surface area contributed by atoms with E-state index in [1.807, 2.05) is 13.0 Å². The summed E-state index contributed by atoms with van der Waals surface area (Å²) >= 11 is 3.40. The summed E-state index contributed by atoms with van der Waals surface area (Å²) in [6.07, 6.45) is 5.04. The third-order valence-electron chi connectivity index (χ3n) is 3.50. The summed E-state index contributed by atoms with van der Waals surface area (Å²) in [4.78, 5) is 16.3. The van der Waals surface area contributed by atoms with E-state index in [1.54, 1.807) is 6.20 Å². The van der Waals surface area contributed by atoms with Gasteiger partial charge < -0.3 is 5.32 Å². The third-order valence-corrected chi connectivity index (χ3v) is 4.33. The molecular formula is C13H17BrN2O. The van der Waals surface area contributed by atoms with Crippen molar-refractivity contribution in [2.75, 3.05) is 5.32 Å². The van der Waals surface area contributed by atoms with E-state index in [0.717, 1.165) is 29.3 Å². The van der Waals surface area contributed by atoms with E-state index >= 15 is 0 Å². The van der Waals surface area contributed by atoms with Crippen LogP contribution in [0.15, 0.2) is 16.7 Å². The van der Waals surface area contributed by atoms with Gasteiger partial charge >= 0.3 is 0 Å². The monoisotopic (exact) mass is 296 g/mol. The molecule has 1 aliphatic rings. The van der Waals surface area contributed by atoms with Crippen molar-refractivity contribution in [3.05, 3.63) is 22.3 Å². The molecule has 2 rings (SSSR count). The molecule has 0 radical (unpaired) electrons. The highest BCUT2D eigenvalue weighted by molar-refractivity contribution is 9.10. The van der Waals surface area contributed by atoms with Crippen molar-refractivity contribution in [1.82, 2.24) is 4.98 Å². The first kappa shape index (κ1) is 12.6. The highest BCUT2D eigenvalue weighted by Crippen LogP contribution is 2.32. The van der Waals surface area contributed by atoms with Gasteiger partial charge in [0.2, 0.25) is 5.91 Å². The molecule has 4 heteroatoms. The fraction of sp³-hybridized carbons (Fsp3) is 0.538. The molecule has 0 bridgehead atoms. The number of carbonyl (C=O) groups excluding carboxylic acids is 1. The molecule has 92 valence electrons. The van der Waals surface area contributed by atoms with Crippen LogP contribution < -0.4 is 5.32 Å². The molecule has 1 fully saturated rings.